The molecule has 10 unspecified atom stereocenters. The van der Waals surface area contributed by atoms with Crippen LogP contribution in [0.15, 0.2) is 28.6 Å². The number of fused-ring (bicyclic) bond motifs is 3. The van der Waals surface area contributed by atoms with Gasteiger partial charge in [0.1, 0.15) is 30.0 Å². The number of nitrogens with zero attached hydrogens (tertiary/aromatic N) is 6. The van der Waals surface area contributed by atoms with Crippen molar-refractivity contribution < 1.29 is 56.9 Å². The summed E-state index contributed by atoms with van der Waals surface area (Å²) in [5.74, 6) is -0.244. The zero-order chi connectivity index (χ0) is 32.5. The molecule has 0 saturated carbocycles. The lowest BCUT2D eigenvalue weighted by Gasteiger charge is -2.42. The molecule has 23 nitrogen and oxygen atoms in total. The highest BCUT2D eigenvalue weighted by molar-refractivity contribution is 7.47. The van der Waals surface area contributed by atoms with Crippen LogP contribution >= 0.6 is 16.1 Å². The van der Waals surface area contributed by atoms with E-state index in [1.807, 2.05) is 0 Å². The molecule has 46 heavy (non-hydrogen) atoms. The zero-order valence-electron chi connectivity index (χ0n) is 22.9. The molecule has 25 heteroatoms. The van der Waals surface area contributed by atoms with E-state index < -0.39 is 89.0 Å². The number of H-pyrrole nitrogens is 2. The fourth-order valence-electron chi connectivity index (χ4n) is 5.66. The van der Waals surface area contributed by atoms with Crippen LogP contribution in [0.1, 0.15) is 12.5 Å². The maximum Gasteiger partial charge on any atom is 0.695 e. The smallest absolute Gasteiger partial charge is 0.393 e. The van der Waals surface area contributed by atoms with Gasteiger partial charge in [0, 0.05) is 4.57 Å². The first kappa shape index (κ1) is 31.1. The third-order valence-electron chi connectivity index (χ3n) is 7.77. The number of phosphoric ester groups is 1. The number of imidazole rings is 2. The summed E-state index contributed by atoms with van der Waals surface area (Å²) >= 11 is 0. The topological polar surface area (TPSA) is 324 Å². The van der Waals surface area contributed by atoms with E-state index in [1.54, 1.807) is 0 Å². The molecule has 4 aromatic rings. The predicted octanol–water partition coefficient (Wildman–Crippen LogP) is -2.71. The quantitative estimate of drug-likeness (QED) is 0.0833. The second kappa shape index (κ2) is 11.3. The number of aromatic amines is 2. The Morgan fingerprint density at radius 2 is 1.85 bits per heavy atom. The van der Waals surface area contributed by atoms with Crippen molar-refractivity contribution in [3.05, 3.63) is 39.7 Å². The first-order valence-corrected chi connectivity index (χ1v) is 15.9. The van der Waals surface area contributed by atoms with E-state index in [1.165, 1.54) is 15.5 Å². The molecule has 0 amide bonds. The number of nitrogens with two attached hydrogens (primary N) is 1. The molecule has 0 radical (unpaired) electrons. The van der Waals surface area contributed by atoms with Gasteiger partial charge in [-0.15, -0.1) is 9.42 Å². The van der Waals surface area contributed by atoms with Crippen molar-refractivity contribution in [3.8, 4) is 0 Å². The number of aliphatic hydroxyl groups is 2. The molecule has 3 saturated heterocycles. The second-order valence-electron chi connectivity index (χ2n) is 10.5. The Balaban J connectivity index is 1.13. The van der Waals surface area contributed by atoms with E-state index in [0.717, 1.165) is 12.7 Å². The van der Waals surface area contributed by atoms with Crippen molar-refractivity contribution >= 4 is 44.4 Å². The summed E-state index contributed by atoms with van der Waals surface area (Å²) in [6, 6.07) is 0. The van der Waals surface area contributed by atoms with Crippen molar-refractivity contribution in [2.45, 2.75) is 48.6 Å². The SMILES string of the molecule is Nc1nc2c(ncn2C2OC3(CO)COC3C2OP(=O)(O)OCC2OC(n3cnc4c(=O)[nH]cnc43)C(O)C2O[P+](=O)O)c(=O)[nH]1. The number of aliphatic hydroxyl groups excluding tert-OH is 2. The summed E-state index contributed by atoms with van der Waals surface area (Å²) in [5.41, 5.74) is 2.84. The molecule has 8 N–H and O–H groups in total. The van der Waals surface area contributed by atoms with Gasteiger partial charge < -0.3 is 40.0 Å². The van der Waals surface area contributed by atoms with Crippen molar-refractivity contribution in [2.75, 3.05) is 25.6 Å². The molecule has 7 rings (SSSR count). The zero-order valence-corrected chi connectivity index (χ0v) is 24.7. The third-order valence-corrected chi connectivity index (χ3v) is 9.18. The number of rotatable bonds is 10. The van der Waals surface area contributed by atoms with Crippen LogP contribution in [-0.4, -0.2) is 115 Å². The number of aromatic nitrogens is 8. The van der Waals surface area contributed by atoms with Gasteiger partial charge >= 0.3 is 16.1 Å². The van der Waals surface area contributed by atoms with Gasteiger partial charge in [-0.1, -0.05) is 0 Å². The largest absolute Gasteiger partial charge is 0.695 e. The Kier molecular flexibility index (Phi) is 7.62. The molecular weight excluding hydrogens is 664 g/mol. The van der Waals surface area contributed by atoms with Gasteiger partial charge in [0.2, 0.25) is 5.95 Å². The Hall–Kier alpha value is -3.57. The standard InChI is InChI=1S/C21H23N9O14P2/c22-20-27-15-9(17(34)28-20)26-6-30(15)19-12(13-21(2-31,42-19)3-39-13)44-46(37,38)40-1-7-11(43-45(35)36)10(32)18(41-7)29-5-25-8-14(29)23-4-24-16(8)33/h4-7,10-13,18-19,31-32H,1-3H2,(H5-,22,23,24,27,28,33,34,35,36,37,38)/p+1. The minimum atomic E-state index is -5.11. The summed E-state index contributed by atoms with van der Waals surface area (Å²) in [4.78, 5) is 65.2. The summed E-state index contributed by atoms with van der Waals surface area (Å²) in [6.45, 7) is -1.49. The first-order chi connectivity index (χ1) is 21.9. The molecule has 0 spiro atoms. The van der Waals surface area contributed by atoms with E-state index in [0.29, 0.717) is 0 Å². The number of ether oxygens (including phenoxy) is 3. The lowest BCUT2D eigenvalue weighted by molar-refractivity contribution is -0.245. The fourth-order valence-corrected chi connectivity index (χ4v) is 7.05. The van der Waals surface area contributed by atoms with E-state index in [2.05, 4.69) is 29.9 Å². The van der Waals surface area contributed by atoms with Gasteiger partial charge in [-0.2, -0.15) is 4.98 Å². The minimum absolute atomic E-state index is 0.00284. The van der Waals surface area contributed by atoms with Gasteiger partial charge in [-0.25, -0.2) is 19.5 Å². The van der Waals surface area contributed by atoms with E-state index in [-0.39, 0.29) is 34.9 Å². The van der Waals surface area contributed by atoms with Crippen molar-refractivity contribution in [3.63, 3.8) is 0 Å². The summed E-state index contributed by atoms with van der Waals surface area (Å²) in [5, 5.41) is 21.0. The highest BCUT2D eigenvalue weighted by Crippen LogP contribution is 2.55. The van der Waals surface area contributed by atoms with Crippen LogP contribution in [0.5, 0.6) is 0 Å². The van der Waals surface area contributed by atoms with Crippen LogP contribution in [0.25, 0.3) is 22.3 Å². The number of anilines is 1. The van der Waals surface area contributed by atoms with Crippen LogP contribution in [0, 0.1) is 0 Å². The van der Waals surface area contributed by atoms with Crippen LogP contribution < -0.4 is 16.9 Å². The number of phosphoric acid groups is 1. The highest BCUT2D eigenvalue weighted by atomic mass is 31.2. The maximum absolute atomic E-state index is 13.3. The maximum atomic E-state index is 13.3. The molecule has 0 aromatic carbocycles. The number of hydrogen-bond donors (Lipinski definition) is 7. The van der Waals surface area contributed by atoms with Gasteiger partial charge in [0.25, 0.3) is 11.1 Å². The molecular formula is C21H24N9O14P2+. The average molecular weight is 688 g/mol. The monoisotopic (exact) mass is 688 g/mol. The molecule has 0 aliphatic carbocycles. The van der Waals surface area contributed by atoms with Gasteiger partial charge in [0.05, 0.1) is 38.8 Å². The van der Waals surface area contributed by atoms with Gasteiger partial charge in [-0.05, 0) is 0 Å². The number of nitrogens with one attached hydrogen (secondary N) is 2. The summed E-state index contributed by atoms with van der Waals surface area (Å²) in [6.07, 6.45) is -6.53. The second-order valence-corrected chi connectivity index (χ2v) is 12.6. The predicted molar refractivity (Wildman–Crippen MR) is 146 cm³/mol. The Labute approximate surface area is 254 Å². The summed E-state index contributed by atoms with van der Waals surface area (Å²) < 4.78 is 60.2. The Morgan fingerprint density at radius 3 is 2.52 bits per heavy atom. The first-order valence-electron chi connectivity index (χ1n) is 13.3. The Morgan fingerprint density at radius 1 is 1.13 bits per heavy atom. The van der Waals surface area contributed by atoms with Crippen molar-refractivity contribution in [1.29, 1.82) is 0 Å². The molecule has 3 fully saturated rings. The van der Waals surface area contributed by atoms with E-state index >= 15 is 0 Å². The van der Waals surface area contributed by atoms with Gasteiger partial charge in [-0.3, -0.25) is 32.8 Å². The Bertz CT molecular complexity index is 2000. The lowest BCUT2D eigenvalue weighted by Crippen LogP contribution is -2.61. The van der Waals surface area contributed by atoms with Crippen molar-refractivity contribution in [2.24, 2.45) is 0 Å². The molecule has 3 aliphatic rings. The molecule has 0 bridgehead atoms. The van der Waals surface area contributed by atoms with Crippen molar-refractivity contribution in [1.82, 2.24) is 39.0 Å². The van der Waals surface area contributed by atoms with Crippen LogP contribution in [0.3, 0.4) is 0 Å². The number of nitrogen functional groups attached to an aromatic ring is 1. The molecule has 10 atom stereocenters. The normalized spacial score (nSPS) is 32.4. The molecule has 7 heterocycles. The lowest BCUT2D eigenvalue weighted by atomic mass is 9.91. The van der Waals surface area contributed by atoms with E-state index in [9.17, 15) is 38.7 Å². The highest BCUT2D eigenvalue weighted by Gasteiger charge is 2.65. The van der Waals surface area contributed by atoms with Crippen LogP contribution in [0.4, 0.5) is 5.95 Å². The minimum Gasteiger partial charge on any atom is -0.393 e. The third kappa shape index (κ3) is 5.06. The fraction of sp³-hybridized carbons (Fsp3) is 0.524. The van der Waals surface area contributed by atoms with Crippen LogP contribution in [0.2, 0.25) is 0 Å². The molecule has 3 aliphatic heterocycles. The summed E-state index contributed by atoms with van der Waals surface area (Å²) in [7, 11) is -8.40. The van der Waals surface area contributed by atoms with E-state index in [4.69, 9.17) is 33.5 Å². The average Bonchev–Trinajstić information content (AvgIpc) is 3.72. The molecule has 246 valence electrons. The van der Waals surface area contributed by atoms with Crippen LogP contribution in [-0.2, 0) is 36.9 Å². The van der Waals surface area contributed by atoms with Gasteiger partial charge in [0.15, 0.2) is 40.9 Å². The molecule has 4 aromatic heterocycles. The number of hydrogen-bond acceptors (Lipinski definition) is 17.